The van der Waals surface area contributed by atoms with Crippen molar-refractivity contribution in [2.75, 3.05) is 6.54 Å². The molecule has 1 aromatic rings. The number of benzene rings is 1. The van der Waals surface area contributed by atoms with Crippen LogP contribution in [0, 0.1) is 0 Å². The zero-order valence-electron chi connectivity index (χ0n) is 9.07. The molecule has 0 radical (unpaired) electrons. The largest absolute Gasteiger partial charge is 0.330 e. The molecule has 0 bridgehead atoms. The van der Waals surface area contributed by atoms with Gasteiger partial charge in [0, 0.05) is 12.0 Å². The van der Waals surface area contributed by atoms with Crippen molar-refractivity contribution in [3.05, 3.63) is 41.5 Å². The molecular weight excluding hydrogens is 186 g/mol. The SMILES string of the molecule is CCC(=O)c1ccc(C=CCCN)cc1. The molecule has 1 aromatic carbocycles. The molecule has 0 aromatic heterocycles. The van der Waals surface area contributed by atoms with E-state index in [9.17, 15) is 4.79 Å². The third-order valence-corrected chi connectivity index (χ3v) is 2.20. The summed E-state index contributed by atoms with van der Waals surface area (Å²) in [5, 5.41) is 0. The fraction of sp³-hybridized carbons (Fsp3) is 0.308. The number of carbonyl (C=O) groups excluding carboxylic acids is 1. The van der Waals surface area contributed by atoms with Gasteiger partial charge in [-0.2, -0.15) is 0 Å². The Morgan fingerprint density at radius 3 is 2.53 bits per heavy atom. The van der Waals surface area contributed by atoms with Crippen LogP contribution in [0.4, 0.5) is 0 Å². The lowest BCUT2D eigenvalue weighted by atomic mass is 10.1. The van der Waals surface area contributed by atoms with E-state index in [1.54, 1.807) is 0 Å². The Kier molecular flexibility index (Phi) is 4.78. The van der Waals surface area contributed by atoms with Crippen LogP contribution >= 0.6 is 0 Å². The van der Waals surface area contributed by atoms with E-state index in [1.807, 2.05) is 43.3 Å². The minimum Gasteiger partial charge on any atom is -0.330 e. The minimum atomic E-state index is 0.187. The monoisotopic (exact) mass is 203 g/mol. The fourth-order valence-corrected chi connectivity index (χ4v) is 1.30. The number of hydrogen-bond acceptors (Lipinski definition) is 2. The number of hydrogen-bond donors (Lipinski definition) is 1. The predicted molar refractivity (Wildman–Crippen MR) is 63.8 cm³/mol. The molecule has 15 heavy (non-hydrogen) atoms. The highest BCUT2D eigenvalue weighted by atomic mass is 16.1. The van der Waals surface area contributed by atoms with Crippen molar-refractivity contribution in [3.63, 3.8) is 0 Å². The van der Waals surface area contributed by atoms with E-state index < -0.39 is 0 Å². The van der Waals surface area contributed by atoms with Crippen LogP contribution in [0.3, 0.4) is 0 Å². The molecule has 80 valence electrons. The van der Waals surface area contributed by atoms with E-state index in [1.165, 1.54) is 0 Å². The van der Waals surface area contributed by atoms with Gasteiger partial charge in [-0.3, -0.25) is 4.79 Å². The Bertz CT molecular complexity index is 338. The summed E-state index contributed by atoms with van der Waals surface area (Å²) in [6, 6.07) is 7.65. The van der Waals surface area contributed by atoms with Gasteiger partial charge in [-0.25, -0.2) is 0 Å². The zero-order valence-corrected chi connectivity index (χ0v) is 9.07. The van der Waals surface area contributed by atoms with Gasteiger partial charge in [0.2, 0.25) is 0 Å². The van der Waals surface area contributed by atoms with E-state index in [4.69, 9.17) is 5.73 Å². The Hall–Kier alpha value is -1.41. The predicted octanol–water partition coefficient (Wildman–Crippen LogP) is 2.64. The molecule has 1 rings (SSSR count). The average Bonchev–Trinajstić information content (AvgIpc) is 2.29. The summed E-state index contributed by atoms with van der Waals surface area (Å²) in [5.41, 5.74) is 7.27. The second-order valence-electron chi connectivity index (χ2n) is 3.38. The van der Waals surface area contributed by atoms with Gasteiger partial charge in [-0.05, 0) is 18.5 Å². The van der Waals surface area contributed by atoms with Crippen molar-refractivity contribution in [1.82, 2.24) is 0 Å². The van der Waals surface area contributed by atoms with Crippen molar-refractivity contribution in [2.24, 2.45) is 5.73 Å². The van der Waals surface area contributed by atoms with Crippen LogP contribution in [0.5, 0.6) is 0 Å². The summed E-state index contributed by atoms with van der Waals surface area (Å²) < 4.78 is 0. The van der Waals surface area contributed by atoms with E-state index >= 15 is 0 Å². The number of nitrogens with two attached hydrogens (primary N) is 1. The van der Waals surface area contributed by atoms with Crippen LogP contribution in [0.25, 0.3) is 6.08 Å². The summed E-state index contributed by atoms with van der Waals surface area (Å²) in [4.78, 5) is 11.4. The normalized spacial score (nSPS) is 10.8. The topological polar surface area (TPSA) is 43.1 Å². The molecule has 0 aliphatic heterocycles. The summed E-state index contributed by atoms with van der Waals surface area (Å²) in [7, 11) is 0. The highest BCUT2D eigenvalue weighted by Crippen LogP contribution is 2.08. The molecule has 0 fully saturated rings. The molecule has 0 saturated carbocycles. The van der Waals surface area contributed by atoms with Crippen molar-refractivity contribution in [3.8, 4) is 0 Å². The first-order chi connectivity index (χ1) is 7.27. The van der Waals surface area contributed by atoms with E-state index in [0.29, 0.717) is 13.0 Å². The van der Waals surface area contributed by atoms with Gasteiger partial charge in [-0.1, -0.05) is 43.3 Å². The van der Waals surface area contributed by atoms with Crippen LogP contribution < -0.4 is 5.73 Å². The van der Waals surface area contributed by atoms with E-state index in [2.05, 4.69) is 0 Å². The molecule has 2 nitrogen and oxygen atoms in total. The smallest absolute Gasteiger partial charge is 0.162 e. The molecule has 2 heteroatoms. The Morgan fingerprint density at radius 2 is 2.00 bits per heavy atom. The molecular formula is C13H17NO. The maximum atomic E-state index is 11.4. The number of ketones is 1. The maximum absolute atomic E-state index is 11.4. The van der Waals surface area contributed by atoms with Crippen molar-refractivity contribution in [2.45, 2.75) is 19.8 Å². The third kappa shape index (κ3) is 3.68. The zero-order chi connectivity index (χ0) is 11.1. The lowest BCUT2D eigenvalue weighted by Gasteiger charge is -1.98. The Labute approximate surface area is 90.8 Å². The maximum Gasteiger partial charge on any atom is 0.162 e. The summed E-state index contributed by atoms with van der Waals surface area (Å²) in [5.74, 6) is 0.187. The second-order valence-corrected chi connectivity index (χ2v) is 3.38. The van der Waals surface area contributed by atoms with Crippen LogP contribution in [0.15, 0.2) is 30.3 Å². The van der Waals surface area contributed by atoms with Gasteiger partial charge in [0.15, 0.2) is 5.78 Å². The van der Waals surface area contributed by atoms with Crippen molar-refractivity contribution in [1.29, 1.82) is 0 Å². The molecule has 0 aliphatic rings. The number of Topliss-reactive ketones (excluding diaryl/α,β-unsaturated/α-hetero) is 1. The van der Waals surface area contributed by atoms with Gasteiger partial charge in [0.05, 0.1) is 0 Å². The lowest BCUT2D eigenvalue weighted by molar-refractivity contribution is 0.0988. The molecule has 0 unspecified atom stereocenters. The molecule has 2 N–H and O–H groups in total. The average molecular weight is 203 g/mol. The van der Waals surface area contributed by atoms with Gasteiger partial charge in [0.25, 0.3) is 0 Å². The highest BCUT2D eigenvalue weighted by molar-refractivity contribution is 5.95. The fourth-order valence-electron chi connectivity index (χ4n) is 1.30. The van der Waals surface area contributed by atoms with Gasteiger partial charge in [0.1, 0.15) is 0 Å². The van der Waals surface area contributed by atoms with Crippen LogP contribution in [0.1, 0.15) is 35.7 Å². The minimum absolute atomic E-state index is 0.187. The van der Waals surface area contributed by atoms with Crippen LogP contribution in [-0.4, -0.2) is 12.3 Å². The molecule has 0 spiro atoms. The second kappa shape index (κ2) is 6.14. The molecule has 0 heterocycles. The highest BCUT2D eigenvalue weighted by Gasteiger charge is 2.00. The molecule has 0 aliphatic carbocycles. The van der Waals surface area contributed by atoms with Crippen molar-refractivity contribution >= 4 is 11.9 Å². The Morgan fingerprint density at radius 1 is 1.33 bits per heavy atom. The first-order valence-corrected chi connectivity index (χ1v) is 5.27. The van der Waals surface area contributed by atoms with E-state index in [-0.39, 0.29) is 5.78 Å². The molecule has 0 amide bonds. The summed E-state index contributed by atoms with van der Waals surface area (Å²) >= 11 is 0. The van der Waals surface area contributed by atoms with E-state index in [0.717, 1.165) is 17.5 Å². The quantitative estimate of drug-likeness (QED) is 0.747. The Balaban J connectivity index is 2.68. The molecule has 0 saturated heterocycles. The van der Waals surface area contributed by atoms with Crippen LogP contribution in [0.2, 0.25) is 0 Å². The summed E-state index contributed by atoms with van der Waals surface area (Å²) in [6.45, 7) is 2.54. The first-order valence-electron chi connectivity index (χ1n) is 5.27. The van der Waals surface area contributed by atoms with Gasteiger partial charge < -0.3 is 5.73 Å². The number of carbonyl (C=O) groups is 1. The first kappa shape index (κ1) is 11.7. The molecule has 0 atom stereocenters. The van der Waals surface area contributed by atoms with Gasteiger partial charge >= 0.3 is 0 Å². The lowest BCUT2D eigenvalue weighted by Crippen LogP contribution is -1.96. The summed E-state index contributed by atoms with van der Waals surface area (Å²) in [6.07, 6.45) is 5.50. The van der Waals surface area contributed by atoms with Crippen molar-refractivity contribution < 1.29 is 4.79 Å². The van der Waals surface area contributed by atoms with Crippen LogP contribution in [-0.2, 0) is 0 Å². The van der Waals surface area contributed by atoms with Gasteiger partial charge in [-0.15, -0.1) is 0 Å². The number of rotatable bonds is 5. The third-order valence-electron chi connectivity index (χ3n) is 2.20. The standard InChI is InChI=1S/C13H17NO/c1-2-13(15)12-8-6-11(7-9-12)5-3-4-10-14/h3,5-9H,2,4,10,14H2,1H3.